The molecule has 6 heteroatoms. The minimum Gasteiger partial charge on any atom is -0.383 e. The van der Waals surface area contributed by atoms with Gasteiger partial charge in [-0.05, 0) is 50.5 Å². The van der Waals surface area contributed by atoms with Gasteiger partial charge in [0.25, 0.3) is 0 Å². The zero-order valence-corrected chi connectivity index (χ0v) is 17.8. The molecule has 0 N–H and O–H groups in total. The van der Waals surface area contributed by atoms with Crippen LogP contribution in [0.3, 0.4) is 0 Å². The van der Waals surface area contributed by atoms with Gasteiger partial charge in [-0.3, -0.25) is 9.00 Å². The monoisotopic (exact) mass is 393 g/mol. The Morgan fingerprint density at radius 1 is 1.35 bits per heavy atom. The van der Waals surface area contributed by atoms with Crippen molar-refractivity contribution in [1.29, 1.82) is 0 Å². The highest BCUT2D eigenvalue weighted by molar-refractivity contribution is 8.14. The third kappa shape index (κ3) is 3.15. The molecule has 2 aliphatic heterocycles. The zero-order chi connectivity index (χ0) is 19.1. The second kappa shape index (κ2) is 7.47. The molecule has 2 aliphatic rings. The van der Waals surface area contributed by atoms with E-state index >= 15 is 0 Å². The highest BCUT2D eigenvalue weighted by Crippen LogP contribution is 2.42. The standard InChI is InChI=1S/C20H27NO3S2/c1-6-20(25-8-7-9-26(20)23)19(22)18-15(5)17(21-24-18)16-13(3)10-12(2)11-14(16)4/h10-11,15,18H,6-9H2,1-5H3/t15-,18-,20+,26?/m1/s1. The summed E-state index contributed by atoms with van der Waals surface area (Å²) in [7, 11) is -1.16. The van der Waals surface area contributed by atoms with E-state index in [1.165, 1.54) is 5.56 Å². The molecule has 1 fully saturated rings. The van der Waals surface area contributed by atoms with Crippen LogP contribution in [0.1, 0.15) is 48.9 Å². The number of hydrogen-bond acceptors (Lipinski definition) is 5. The smallest absolute Gasteiger partial charge is 0.205 e. The molecule has 142 valence electrons. The van der Waals surface area contributed by atoms with Crippen LogP contribution in [-0.4, -0.2) is 37.4 Å². The number of benzene rings is 1. The molecule has 3 rings (SSSR count). The van der Waals surface area contributed by atoms with E-state index in [1.54, 1.807) is 11.8 Å². The number of ketones is 1. The minimum absolute atomic E-state index is 0.0586. The molecule has 1 aromatic rings. The van der Waals surface area contributed by atoms with Gasteiger partial charge in [-0.1, -0.05) is 36.7 Å². The number of thioether (sulfide) groups is 1. The maximum absolute atomic E-state index is 13.4. The van der Waals surface area contributed by atoms with Gasteiger partial charge < -0.3 is 4.84 Å². The van der Waals surface area contributed by atoms with Crippen LogP contribution < -0.4 is 0 Å². The van der Waals surface area contributed by atoms with E-state index in [4.69, 9.17) is 4.84 Å². The Hall–Kier alpha value is -1.14. The first-order chi connectivity index (χ1) is 12.3. The summed E-state index contributed by atoms with van der Waals surface area (Å²) in [5.41, 5.74) is 5.40. The Morgan fingerprint density at radius 2 is 2.00 bits per heavy atom. The Balaban J connectivity index is 1.90. The maximum Gasteiger partial charge on any atom is 0.205 e. The van der Waals surface area contributed by atoms with E-state index in [1.807, 2.05) is 13.8 Å². The second-order valence-electron chi connectivity index (χ2n) is 7.29. The van der Waals surface area contributed by atoms with Crippen molar-refractivity contribution in [3.05, 3.63) is 34.4 Å². The fourth-order valence-corrected chi connectivity index (χ4v) is 7.75. The molecular weight excluding hydrogens is 366 g/mol. The molecule has 4 atom stereocenters. The quantitative estimate of drug-likeness (QED) is 0.778. The van der Waals surface area contributed by atoms with Crippen molar-refractivity contribution < 1.29 is 13.8 Å². The first-order valence-corrected chi connectivity index (χ1v) is 11.5. The molecule has 4 nitrogen and oxygen atoms in total. The lowest BCUT2D eigenvalue weighted by Gasteiger charge is -2.35. The SMILES string of the molecule is CC[C@]1(C(=O)[C@@H]2ON=C(c3c(C)cc(C)cc3C)[C@H]2C)SCCCS1=O. The molecule has 1 unspecified atom stereocenters. The molecule has 0 aromatic heterocycles. The Labute approximate surface area is 162 Å². The van der Waals surface area contributed by atoms with Crippen LogP contribution in [0.4, 0.5) is 0 Å². The van der Waals surface area contributed by atoms with E-state index < -0.39 is 21.0 Å². The number of rotatable bonds is 4. The van der Waals surface area contributed by atoms with Gasteiger partial charge >= 0.3 is 0 Å². The predicted octanol–water partition coefficient (Wildman–Crippen LogP) is 3.91. The first-order valence-electron chi connectivity index (χ1n) is 9.20. The van der Waals surface area contributed by atoms with Gasteiger partial charge in [-0.2, -0.15) is 0 Å². The predicted molar refractivity (Wildman–Crippen MR) is 109 cm³/mol. The summed E-state index contributed by atoms with van der Waals surface area (Å²) in [6, 6.07) is 4.26. The van der Waals surface area contributed by atoms with Gasteiger partial charge in [-0.25, -0.2) is 0 Å². The normalized spacial score (nSPS) is 31.4. The molecule has 0 aliphatic carbocycles. The summed E-state index contributed by atoms with van der Waals surface area (Å²) >= 11 is 1.54. The van der Waals surface area contributed by atoms with Gasteiger partial charge in [0.05, 0.1) is 5.71 Å². The molecule has 2 heterocycles. The minimum atomic E-state index is -1.16. The molecule has 0 bridgehead atoms. The van der Waals surface area contributed by atoms with Gasteiger partial charge in [-0.15, -0.1) is 11.8 Å². The van der Waals surface area contributed by atoms with Gasteiger partial charge in [0.2, 0.25) is 5.78 Å². The molecule has 0 radical (unpaired) electrons. The van der Waals surface area contributed by atoms with Crippen molar-refractivity contribution in [1.82, 2.24) is 0 Å². The summed E-state index contributed by atoms with van der Waals surface area (Å²) in [6.07, 6.45) is 0.810. The van der Waals surface area contributed by atoms with Crippen molar-refractivity contribution in [2.24, 2.45) is 11.1 Å². The maximum atomic E-state index is 13.4. The third-order valence-corrected chi connectivity index (χ3v) is 9.60. The largest absolute Gasteiger partial charge is 0.383 e. The van der Waals surface area contributed by atoms with E-state index in [9.17, 15) is 9.00 Å². The van der Waals surface area contributed by atoms with Crippen LogP contribution in [0.2, 0.25) is 0 Å². The lowest BCUT2D eigenvalue weighted by atomic mass is 9.86. The average Bonchev–Trinajstić information content (AvgIpc) is 2.95. The van der Waals surface area contributed by atoms with Crippen LogP contribution in [0.25, 0.3) is 0 Å². The average molecular weight is 394 g/mol. The molecule has 0 saturated carbocycles. The summed E-state index contributed by atoms with van der Waals surface area (Å²) in [4.78, 5) is 19.0. The number of aryl methyl sites for hydroxylation is 3. The van der Waals surface area contributed by atoms with Crippen LogP contribution in [0.5, 0.6) is 0 Å². The van der Waals surface area contributed by atoms with Crippen molar-refractivity contribution in [3.8, 4) is 0 Å². The molecular formula is C20H27NO3S2. The first kappa shape index (κ1) is 19.6. The number of carbonyl (C=O) groups is 1. The van der Waals surface area contributed by atoms with Crippen molar-refractivity contribution >= 4 is 34.1 Å². The number of Topliss-reactive ketones (excluding diaryl/α,β-unsaturated/α-hetero) is 1. The second-order valence-corrected chi connectivity index (χ2v) is 10.7. The van der Waals surface area contributed by atoms with Crippen LogP contribution in [-0.2, 0) is 20.4 Å². The summed E-state index contributed by atoms with van der Waals surface area (Å²) in [5.74, 6) is 1.26. The Bertz CT molecular complexity index is 766. The molecule has 1 saturated heterocycles. The zero-order valence-electron chi connectivity index (χ0n) is 16.1. The number of oxime groups is 1. The molecule has 0 amide bonds. The number of nitrogens with zero attached hydrogens (tertiary/aromatic N) is 1. The fraction of sp³-hybridized carbons (Fsp3) is 0.600. The van der Waals surface area contributed by atoms with Crippen molar-refractivity contribution in [3.63, 3.8) is 0 Å². The van der Waals surface area contributed by atoms with Crippen LogP contribution in [0.15, 0.2) is 17.3 Å². The highest BCUT2D eigenvalue weighted by Gasteiger charge is 2.52. The van der Waals surface area contributed by atoms with Crippen LogP contribution in [0, 0.1) is 26.7 Å². The lowest BCUT2D eigenvalue weighted by molar-refractivity contribution is -0.131. The molecule has 1 aromatic carbocycles. The van der Waals surface area contributed by atoms with Crippen LogP contribution >= 0.6 is 11.8 Å². The Morgan fingerprint density at radius 3 is 2.58 bits per heavy atom. The topological polar surface area (TPSA) is 55.7 Å². The van der Waals surface area contributed by atoms with Gasteiger partial charge in [0, 0.05) is 28.0 Å². The fourth-order valence-electron chi connectivity index (χ4n) is 4.06. The summed E-state index contributed by atoms with van der Waals surface area (Å²) < 4.78 is 11.9. The lowest BCUT2D eigenvalue weighted by Crippen LogP contribution is -2.50. The van der Waals surface area contributed by atoms with Gasteiger partial charge in [0.15, 0.2) is 10.2 Å². The van der Waals surface area contributed by atoms with Crippen molar-refractivity contribution in [2.75, 3.05) is 11.5 Å². The highest BCUT2D eigenvalue weighted by atomic mass is 32.2. The van der Waals surface area contributed by atoms with E-state index in [0.29, 0.717) is 12.2 Å². The van der Waals surface area contributed by atoms with E-state index in [2.05, 4.69) is 38.1 Å². The number of carbonyl (C=O) groups excluding carboxylic acids is 1. The van der Waals surface area contributed by atoms with Gasteiger partial charge in [0.1, 0.15) is 0 Å². The molecule has 26 heavy (non-hydrogen) atoms. The Kier molecular flexibility index (Phi) is 5.63. The van der Waals surface area contributed by atoms with E-state index in [-0.39, 0.29) is 11.7 Å². The summed E-state index contributed by atoms with van der Waals surface area (Å²) in [5, 5.41) is 4.31. The van der Waals surface area contributed by atoms with E-state index in [0.717, 1.165) is 34.6 Å². The van der Waals surface area contributed by atoms with Crippen molar-refractivity contribution in [2.45, 2.75) is 57.6 Å². The summed E-state index contributed by atoms with van der Waals surface area (Å²) in [6.45, 7) is 10.2. The third-order valence-electron chi connectivity index (χ3n) is 5.36. The number of hydrogen-bond donors (Lipinski definition) is 0. The molecule has 0 spiro atoms.